The van der Waals surface area contributed by atoms with Crippen molar-refractivity contribution >= 4 is 22.9 Å². The van der Waals surface area contributed by atoms with Crippen molar-refractivity contribution in [3.8, 4) is 0 Å². The number of hydrogen-bond donors (Lipinski definition) is 1. The van der Waals surface area contributed by atoms with Gasteiger partial charge in [0.05, 0.1) is 0 Å². The number of nitrogens with zero attached hydrogens (tertiary/aromatic N) is 1. The third-order valence-electron chi connectivity index (χ3n) is 3.00. The largest absolute Gasteiger partial charge is 0.389 e. The second-order valence-corrected chi connectivity index (χ2v) is 4.91. The molecule has 0 bridgehead atoms. The molecule has 0 aliphatic heterocycles. The summed E-state index contributed by atoms with van der Waals surface area (Å²) in [6.07, 6.45) is 0. The molecule has 2 aromatic rings. The van der Waals surface area contributed by atoms with Gasteiger partial charge in [-0.2, -0.15) is 0 Å². The molecule has 0 radical (unpaired) electrons. The number of benzene rings is 2. The van der Waals surface area contributed by atoms with E-state index in [9.17, 15) is 8.78 Å². The lowest BCUT2D eigenvalue weighted by molar-refractivity contribution is 0.607. The topological polar surface area (TPSA) is 29.3 Å². The molecule has 20 heavy (non-hydrogen) atoms. The number of nitrogens with two attached hydrogens (primary N) is 1. The lowest BCUT2D eigenvalue weighted by Crippen LogP contribution is -2.22. The molecule has 0 aromatic heterocycles. The van der Waals surface area contributed by atoms with E-state index in [1.807, 2.05) is 0 Å². The van der Waals surface area contributed by atoms with Crippen LogP contribution in [-0.2, 0) is 6.54 Å². The Balaban J connectivity index is 2.32. The molecule has 5 heteroatoms. The Morgan fingerprint density at radius 1 is 1.20 bits per heavy atom. The fourth-order valence-corrected chi connectivity index (χ4v) is 2.17. The van der Waals surface area contributed by atoms with Crippen LogP contribution in [0.25, 0.3) is 0 Å². The van der Waals surface area contributed by atoms with E-state index in [1.54, 1.807) is 36.2 Å². The normalized spacial score (nSPS) is 10.3. The van der Waals surface area contributed by atoms with Crippen LogP contribution >= 0.6 is 12.2 Å². The van der Waals surface area contributed by atoms with Gasteiger partial charge in [0.25, 0.3) is 0 Å². The van der Waals surface area contributed by atoms with E-state index < -0.39 is 5.82 Å². The van der Waals surface area contributed by atoms with Crippen molar-refractivity contribution in [2.75, 3.05) is 11.9 Å². The van der Waals surface area contributed by atoms with Crippen LogP contribution < -0.4 is 10.6 Å². The van der Waals surface area contributed by atoms with Crippen molar-refractivity contribution in [1.29, 1.82) is 0 Å². The Morgan fingerprint density at radius 2 is 1.90 bits per heavy atom. The summed E-state index contributed by atoms with van der Waals surface area (Å²) < 4.78 is 26.9. The summed E-state index contributed by atoms with van der Waals surface area (Å²) in [5.74, 6) is -0.686. The molecule has 0 unspecified atom stereocenters. The molecule has 104 valence electrons. The molecule has 2 aromatic carbocycles. The van der Waals surface area contributed by atoms with Crippen molar-refractivity contribution in [3.63, 3.8) is 0 Å². The quantitative estimate of drug-likeness (QED) is 0.877. The third-order valence-corrected chi connectivity index (χ3v) is 3.22. The van der Waals surface area contributed by atoms with Crippen LogP contribution in [0, 0.1) is 11.6 Å². The van der Waals surface area contributed by atoms with Gasteiger partial charge in [0.2, 0.25) is 0 Å². The molecule has 0 saturated carbocycles. The van der Waals surface area contributed by atoms with Crippen molar-refractivity contribution < 1.29 is 8.78 Å². The van der Waals surface area contributed by atoms with Crippen LogP contribution in [0.15, 0.2) is 42.5 Å². The van der Waals surface area contributed by atoms with Gasteiger partial charge in [0, 0.05) is 30.4 Å². The van der Waals surface area contributed by atoms with Gasteiger partial charge in [-0.25, -0.2) is 8.78 Å². The molecule has 2 nitrogen and oxygen atoms in total. The minimum Gasteiger partial charge on any atom is -0.389 e. The molecule has 0 aliphatic carbocycles. The van der Waals surface area contributed by atoms with Gasteiger partial charge in [-0.15, -0.1) is 0 Å². The highest BCUT2D eigenvalue weighted by molar-refractivity contribution is 7.80. The van der Waals surface area contributed by atoms with Gasteiger partial charge in [-0.1, -0.05) is 30.4 Å². The maximum Gasteiger partial charge on any atom is 0.128 e. The zero-order valence-corrected chi connectivity index (χ0v) is 11.8. The maximum absolute atomic E-state index is 13.7. The van der Waals surface area contributed by atoms with Crippen molar-refractivity contribution in [2.24, 2.45) is 5.73 Å². The molecular weight excluding hydrogens is 278 g/mol. The Kier molecular flexibility index (Phi) is 4.29. The number of anilines is 1. The molecule has 0 heterocycles. The van der Waals surface area contributed by atoms with Crippen LogP contribution in [0.1, 0.15) is 11.1 Å². The van der Waals surface area contributed by atoms with E-state index in [-0.39, 0.29) is 10.8 Å². The first-order valence-corrected chi connectivity index (χ1v) is 6.43. The minimum absolute atomic E-state index is 0.111. The third kappa shape index (κ3) is 3.11. The Labute approximate surface area is 121 Å². The first kappa shape index (κ1) is 14.4. The minimum atomic E-state index is -0.407. The standard InChI is InChI=1S/C15H14F2N2S/c1-19(9-10-4-2-3-5-13(10)17)14-7-6-11(16)8-12(14)15(18)20/h2-8H,9H2,1H3,(H2,18,20). The highest BCUT2D eigenvalue weighted by Gasteiger charge is 2.12. The van der Waals surface area contributed by atoms with Gasteiger partial charge in [-0.3, -0.25) is 0 Å². The number of halogens is 2. The Hall–Kier alpha value is -2.01. The fraction of sp³-hybridized carbons (Fsp3) is 0.133. The van der Waals surface area contributed by atoms with Crippen LogP contribution in [0.5, 0.6) is 0 Å². The van der Waals surface area contributed by atoms with Gasteiger partial charge < -0.3 is 10.6 Å². The van der Waals surface area contributed by atoms with E-state index in [4.69, 9.17) is 18.0 Å². The lowest BCUT2D eigenvalue weighted by atomic mass is 10.1. The molecule has 0 fully saturated rings. The van der Waals surface area contributed by atoms with Gasteiger partial charge in [0.15, 0.2) is 0 Å². The summed E-state index contributed by atoms with van der Waals surface area (Å²) >= 11 is 4.93. The summed E-state index contributed by atoms with van der Waals surface area (Å²) in [6, 6.07) is 10.7. The summed E-state index contributed by atoms with van der Waals surface area (Å²) in [6.45, 7) is 0.341. The molecule has 0 amide bonds. The molecule has 2 rings (SSSR count). The van der Waals surface area contributed by atoms with Crippen molar-refractivity contribution in [1.82, 2.24) is 0 Å². The van der Waals surface area contributed by atoms with E-state index in [2.05, 4.69) is 0 Å². The number of rotatable bonds is 4. The second kappa shape index (κ2) is 5.96. The van der Waals surface area contributed by atoms with E-state index in [0.29, 0.717) is 23.4 Å². The van der Waals surface area contributed by atoms with E-state index in [1.165, 1.54) is 18.2 Å². The first-order chi connectivity index (χ1) is 9.49. The second-order valence-electron chi connectivity index (χ2n) is 4.47. The number of thiocarbonyl (C=S) groups is 1. The zero-order chi connectivity index (χ0) is 14.7. The molecule has 0 spiro atoms. The average molecular weight is 292 g/mol. The predicted molar refractivity (Wildman–Crippen MR) is 80.8 cm³/mol. The van der Waals surface area contributed by atoms with Crippen LogP contribution in [-0.4, -0.2) is 12.0 Å². The molecule has 0 aliphatic rings. The predicted octanol–water partition coefficient (Wildman–Crippen LogP) is 3.24. The number of hydrogen-bond acceptors (Lipinski definition) is 2. The SMILES string of the molecule is CN(Cc1ccccc1F)c1ccc(F)cc1C(N)=S. The molecule has 0 atom stereocenters. The van der Waals surface area contributed by atoms with Crippen molar-refractivity contribution in [2.45, 2.75) is 6.54 Å². The zero-order valence-electron chi connectivity index (χ0n) is 10.9. The summed E-state index contributed by atoms with van der Waals surface area (Å²) in [5, 5.41) is 0. The van der Waals surface area contributed by atoms with Gasteiger partial charge in [0.1, 0.15) is 16.6 Å². The first-order valence-electron chi connectivity index (χ1n) is 6.03. The molecule has 2 N–H and O–H groups in total. The lowest BCUT2D eigenvalue weighted by Gasteiger charge is -2.22. The van der Waals surface area contributed by atoms with E-state index >= 15 is 0 Å². The Morgan fingerprint density at radius 3 is 2.55 bits per heavy atom. The van der Waals surface area contributed by atoms with E-state index in [0.717, 1.165) is 0 Å². The van der Waals surface area contributed by atoms with Crippen LogP contribution in [0.3, 0.4) is 0 Å². The Bertz CT molecular complexity index is 644. The van der Waals surface area contributed by atoms with Gasteiger partial charge >= 0.3 is 0 Å². The molecular formula is C15H14F2N2S. The smallest absolute Gasteiger partial charge is 0.128 e. The summed E-state index contributed by atoms with van der Waals surface area (Å²) in [5.41, 5.74) is 7.27. The van der Waals surface area contributed by atoms with Crippen LogP contribution in [0.2, 0.25) is 0 Å². The highest BCUT2D eigenvalue weighted by Crippen LogP contribution is 2.23. The summed E-state index contributed by atoms with van der Waals surface area (Å²) in [4.78, 5) is 1.90. The molecule has 0 saturated heterocycles. The maximum atomic E-state index is 13.7. The highest BCUT2D eigenvalue weighted by atomic mass is 32.1. The average Bonchev–Trinajstić information content (AvgIpc) is 2.41. The van der Waals surface area contributed by atoms with Gasteiger partial charge in [-0.05, 0) is 24.3 Å². The monoisotopic (exact) mass is 292 g/mol. The van der Waals surface area contributed by atoms with Crippen molar-refractivity contribution in [3.05, 3.63) is 65.2 Å². The summed E-state index contributed by atoms with van der Waals surface area (Å²) in [7, 11) is 1.78. The fourth-order valence-electron chi connectivity index (χ4n) is 2.01. The van der Waals surface area contributed by atoms with Crippen LogP contribution in [0.4, 0.5) is 14.5 Å².